The van der Waals surface area contributed by atoms with Crippen LogP contribution in [0.2, 0.25) is 0 Å². The molecule has 0 unspecified atom stereocenters. The third-order valence-electron chi connectivity index (χ3n) is 1.75. The van der Waals surface area contributed by atoms with E-state index in [-0.39, 0.29) is 5.56 Å². The number of halogens is 3. The van der Waals surface area contributed by atoms with Crippen molar-refractivity contribution in [3.8, 4) is 0 Å². The van der Waals surface area contributed by atoms with Crippen LogP contribution in [0.1, 0.15) is 24.9 Å². The molecule has 0 radical (unpaired) electrons. The summed E-state index contributed by atoms with van der Waals surface area (Å²) in [6, 6.07) is 0.110. The molecule has 1 aromatic rings. The van der Waals surface area contributed by atoms with E-state index in [4.69, 9.17) is 5.73 Å². The van der Waals surface area contributed by atoms with Crippen molar-refractivity contribution in [2.75, 3.05) is 0 Å². The van der Waals surface area contributed by atoms with E-state index < -0.39 is 23.8 Å². The Balaban J connectivity index is 3.20. The summed E-state index contributed by atoms with van der Waals surface area (Å²) in [4.78, 5) is 2.69. The first-order valence-electron chi connectivity index (χ1n) is 3.83. The van der Waals surface area contributed by atoms with E-state index in [1.807, 2.05) is 0 Å². The number of hydrogen-bond donors (Lipinski definition) is 1. The first-order valence-corrected chi connectivity index (χ1v) is 3.83. The zero-order valence-electron chi connectivity index (χ0n) is 7.02. The molecule has 0 aromatic carbocycles. The first kappa shape index (κ1) is 9.98. The van der Waals surface area contributed by atoms with E-state index in [9.17, 15) is 13.2 Å². The van der Waals surface area contributed by atoms with Gasteiger partial charge in [0.1, 0.15) is 0 Å². The molecule has 1 atom stereocenters. The fourth-order valence-electron chi connectivity index (χ4n) is 0.976. The highest BCUT2D eigenvalue weighted by molar-refractivity contribution is 5.18. The van der Waals surface area contributed by atoms with Crippen LogP contribution < -0.4 is 5.73 Å². The molecular weight excluding hydrogens is 181 g/mol. The van der Waals surface area contributed by atoms with Gasteiger partial charge < -0.3 is 5.73 Å². The average Bonchev–Trinajstić information content (AvgIpc) is 2.10. The number of nitrogens with two attached hydrogens (primary N) is 1. The predicted molar refractivity (Wildman–Crippen MR) is 41.3 cm³/mol. The molecule has 0 saturated carbocycles. The van der Waals surface area contributed by atoms with Crippen LogP contribution in [0.5, 0.6) is 0 Å². The number of aromatic nitrogens is 1. The molecule has 0 aliphatic carbocycles. The van der Waals surface area contributed by atoms with Crippen LogP contribution in [-0.4, -0.2) is 4.98 Å². The number of pyridine rings is 1. The summed E-state index contributed by atoms with van der Waals surface area (Å²) in [6.45, 7) is 1.69. The van der Waals surface area contributed by atoms with E-state index in [1.165, 1.54) is 0 Å². The minimum atomic E-state index is -1.45. The Kier molecular flexibility index (Phi) is 2.87. The summed E-state index contributed by atoms with van der Waals surface area (Å²) < 4.78 is 38.0. The molecule has 0 aliphatic rings. The highest BCUT2D eigenvalue weighted by Crippen LogP contribution is 2.19. The van der Waals surface area contributed by atoms with E-state index in [0.29, 0.717) is 6.42 Å². The Morgan fingerprint density at radius 3 is 2.62 bits per heavy atom. The van der Waals surface area contributed by atoms with Gasteiger partial charge in [-0.1, -0.05) is 6.92 Å². The summed E-state index contributed by atoms with van der Waals surface area (Å²) >= 11 is 0. The highest BCUT2D eigenvalue weighted by atomic mass is 19.2. The molecule has 1 rings (SSSR count). The Bertz CT molecular complexity index is 315. The standard InChI is InChI=1S/C8H9F3N2/c1-2-5(12)4-3-6(9)13-8(11)7(4)10/h3,5H,2,12H2,1H3/t5-/m1/s1. The second kappa shape index (κ2) is 3.74. The fraction of sp³-hybridized carbons (Fsp3) is 0.375. The SMILES string of the molecule is CC[C@@H](N)c1cc(F)nc(F)c1F. The van der Waals surface area contributed by atoms with Gasteiger partial charge in [0, 0.05) is 17.7 Å². The van der Waals surface area contributed by atoms with Gasteiger partial charge in [-0.25, -0.2) is 4.39 Å². The van der Waals surface area contributed by atoms with Crippen LogP contribution in [0.3, 0.4) is 0 Å². The lowest BCUT2D eigenvalue weighted by Crippen LogP contribution is -2.13. The molecule has 1 aromatic heterocycles. The van der Waals surface area contributed by atoms with Gasteiger partial charge in [-0.2, -0.15) is 13.8 Å². The molecule has 5 heteroatoms. The fourth-order valence-corrected chi connectivity index (χ4v) is 0.976. The third-order valence-corrected chi connectivity index (χ3v) is 1.75. The van der Waals surface area contributed by atoms with Gasteiger partial charge >= 0.3 is 0 Å². The predicted octanol–water partition coefficient (Wildman–Crippen LogP) is 1.91. The lowest BCUT2D eigenvalue weighted by atomic mass is 10.1. The first-order chi connectivity index (χ1) is 6.06. The van der Waals surface area contributed by atoms with Crippen molar-refractivity contribution < 1.29 is 13.2 Å². The molecule has 13 heavy (non-hydrogen) atoms. The van der Waals surface area contributed by atoms with Crippen LogP contribution in [0.15, 0.2) is 6.07 Å². The summed E-state index contributed by atoms with van der Waals surface area (Å²) in [5.41, 5.74) is 5.26. The van der Waals surface area contributed by atoms with Crippen molar-refractivity contribution in [2.45, 2.75) is 19.4 Å². The zero-order chi connectivity index (χ0) is 10.0. The molecule has 0 aliphatic heterocycles. The van der Waals surface area contributed by atoms with E-state index >= 15 is 0 Å². The van der Waals surface area contributed by atoms with Crippen molar-refractivity contribution in [2.24, 2.45) is 5.73 Å². The van der Waals surface area contributed by atoms with Crippen molar-refractivity contribution >= 4 is 0 Å². The van der Waals surface area contributed by atoms with Crippen LogP contribution in [0.25, 0.3) is 0 Å². The van der Waals surface area contributed by atoms with Crippen LogP contribution in [0.4, 0.5) is 13.2 Å². The van der Waals surface area contributed by atoms with Gasteiger partial charge in [-0.15, -0.1) is 0 Å². The summed E-state index contributed by atoms with van der Waals surface area (Å²) in [7, 11) is 0. The number of rotatable bonds is 2. The molecule has 0 spiro atoms. The lowest BCUT2D eigenvalue weighted by molar-refractivity contribution is 0.431. The maximum atomic E-state index is 12.9. The Labute approximate surface area is 73.6 Å². The average molecular weight is 190 g/mol. The minimum Gasteiger partial charge on any atom is -0.324 e. The Morgan fingerprint density at radius 2 is 2.08 bits per heavy atom. The van der Waals surface area contributed by atoms with Gasteiger partial charge in [-0.3, -0.25) is 0 Å². The molecule has 0 amide bonds. The number of nitrogens with zero attached hydrogens (tertiary/aromatic N) is 1. The molecule has 2 N–H and O–H groups in total. The normalized spacial score (nSPS) is 13.0. The van der Waals surface area contributed by atoms with E-state index in [0.717, 1.165) is 6.07 Å². The van der Waals surface area contributed by atoms with Crippen molar-refractivity contribution in [1.29, 1.82) is 0 Å². The van der Waals surface area contributed by atoms with Crippen LogP contribution in [-0.2, 0) is 0 Å². The Morgan fingerprint density at radius 1 is 1.46 bits per heavy atom. The third kappa shape index (κ3) is 1.98. The van der Waals surface area contributed by atoms with Gasteiger partial charge in [0.2, 0.25) is 5.95 Å². The summed E-state index contributed by atoms with van der Waals surface area (Å²) in [6.07, 6.45) is 0.403. The topological polar surface area (TPSA) is 38.9 Å². The molecule has 2 nitrogen and oxygen atoms in total. The molecule has 0 fully saturated rings. The highest BCUT2D eigenvalue weighted by Gasteiger charge is 2.16. The van der Waals surface area contributed by atoms with Crippen molar-refractivity contribution in [3.63, 3.8) is 0 Å². The zero-order valence-corrected chi connectivity index (χ0v) is 7.02. The largest absolute Gasteiger partial charge is 0.324 e. The van der Waals surface area contributed by atoms with Gasteiger partial charge in [0.25, 0.3) is 5.95 Å². The van der Waals surface area contributed by atoms with Crippen molar-refractivity contribution in [1.82, 2.24) is 4.98 Å². The molecule has 1 heterocycles. The maximum Gasteiger partial charge on any atom is 0.251 e. The smallest absolute Gasteiger partial charge is 0.251 e. The summed E-state index contributed by atoms with van der Waals surface area (Å²) in [5, 5.41) is 0. The van der Waals surface area contributed by atoms with Gasteiger partial charge in [-0.05, 0) is 6.42 Å². The lowest BCUT2D eigenvalue weighted by Gasteiger charge is -2.09. The second-order valence-corrected chi connectivity index (χ2v) is 2.65. The van der Waals surface area contributed by atoms with Crippen LogP contribution in [0, 0.1) is 17.7 Å². The van der Waals surface area contributed by atoms with Gasteiger partial charge in [0.05, 0.1) is 0 Å². The summed E-state index contributed by atoms with van der Waals surface area (Å²) in [5.74, 6) is -3.67. The van der Waals surface area contributed by atoms with E-state index in [2.05, 4.69) is 4.98 Å². The second-order valence-electron chi connectivity index (χ2n) is 2.65. The molecule has 72 valence electrons. The Hall–Kier alpha value is -1.10. The maximum absolute atomic E-state index is 12.9. The molecule has 0 bridgehead atoms. The monoisotopic (exact) mass is 190 g/mol. The van der Waals surface area contributed by atoms with Crippen molar-refractivity contribution in [3.05, 3.63) is 29.3 Å². The molecule has 0 saturated heterocycles. The van der Waals surface area contributed by atoms with Gasteiger partial charge in [0.15, 0.2) is 5.82 Å². The molecular formula is C8H9F3N2. The quantitative estimate of drug-likeness (QED) is 0.723. The number of hydrogen-bond acceptors (Lipinski definition) is 2. The minimum absolute atomic E-state index is 0.174. The van der Waals surface area contributed by atoms with E-state index in [1.54, 1.807) is 6.92 Å². The van der Waals surface area contributed by atoms with Crippen LogP contribution >= 0.6 is 0 Å².